The molecule has 0 aliphatic heterocycles. The molecule has 1 heterocycles. The van der Waals surface area contributed by atoms with E-state index in [-0.39, 0.29) is 23.5 Å². The highest BCUT2D eigenvalue weighted by Crippen LogP contribution is 2.27. The number of hydrogen-bond acceptors (Lipinski definition) is 6. The van der Waals surface area contributed by atoms with E-state index in [9.17, 15) is 14.4 Å². The number of rotatable bonds is 5. The summed E-state index contributed by atoms with van der Waals surface area (Å²) in [5.41, 5.74) is 5.97. The average molecular weight is 446 g/mol. The van der Waals surface area contributed by atoms with Crippen molar-refractivity contribution in [1.29, 1.82) is 0 Å². The molecule has 0 aliphatic carbocycles. The fourth-order valence-electron chi connectivity index (χ4n) is 2.74. The number of carbonyl (C=O) groups excluding carboxylic acids is 2. The van der Waals surface area contributed by atoms with Crippen LogP contribution in [0, 0.1) is 13.8 Å². The van der Waals surface area contributed by atoms with Gasteiger partial charge in [-0.1, -0.05) is 15.9 Å². The topological polar surface area (TPSA) is 109 Å². The zero-order valence-electron chi connectivity index (χ0n) is 15.1. The van der Waals surface area contributed by atoms with E-state index < -0.39 is 17.5 Å². The van der Waals surface area contributed by atoms with Gasteiger partial charge in [-0.3, -0.25) is 4.79 Å². The molecule has 0 unspecified atom stereocenters. The summed E-state index contributed by atoms with van der Waals surface area (Å²) in [6.07, 6.45) is 0. The number of nitrogens with two attached hydrogens (primary N) is 1. The minimum atomic E-state index is -0.873. The van der Waals surface area contributed by atoms with Crippen LogP contribution in [0.2, 0.25) is 0 Å². The Balaban J connectivity index is 1.74. The summed E-state index contributed by atoms with van der Waals surface area (Å²) < 4.78 is 16.8. The molecule has 1 amide bonds. The average Bonchev–Trinajstić information content (AvgIpc) is 2.59. The van der Waals surface area contributed by atoms with Crippen molar-refractivity contribution in [3.05, 3.63) is 68.0 Å². The summed E-state index contributed by atoms with van der Waals surface area (Å²) in [6.45, 7) is 3.47. The van der Waals surface area contributed by atoms with Crippen molar-refractivity contribution in [3.8, 4) is 11.5 Å². The number of fused-ring (bicyclic) bond motifs is 1. The summed E-state index contributed by atoms with van der Waals surface area (Å²) in [5, 5.41) is 0.477. The Hall–Kier alpha value is -3.13. The number of aryl methyl sites for hydroxylation is 2. The van der Waals surface area contributed by atoms with Gasteiger partial charge >= 0.3 is 11.6 Å². The third-order valence-electron chi connectivity index (χ3n) is 3.96. The molecule has 144 valence electrons. The molecule has 3 rings (SSSR count). The van der Waals surface area contributed by atoms with E-state index in [1.54, 1.807) is 6.07 Å². The number of hydrogen-bond donors (Lipinski definition) is 1. The van der Waals surface area contributed by atoms with Crippen molar-refractivity contribution < 1.29 is 23.5 Å². The largest absolute Gasteiger partial charge is 0.481 e. The molecule has 7 nitrogen and oxygen atoms in total. The van der Waals surface area contributed by atoms with Crippen molar-refractivity contribution in [3.63, 3.8) is 0 Å². The molecule has 2 N–H and O–H groups in total. The van der Waals surface area contributed by atoms with E-state index in [1.165, 1.54) is 18.2 Å². The normalized spacial score (nSPS) is 10.7. The first-order valence-corrected chi connectivity index (χ1v) is 9.02. The van der Waals surface area contributed by atoms with Crippen LogP contribution in [0.4, 0.5) is 0 Å². The van der Waals surface area contributed by atoms with Crippen LogP contribution in [0.25, 0.3) is 11.0 Å². The molecule has 0 radical (unpaired) electrons. The second kappa shape index (κ2) is 7.85. The highest BCUT2D eigenvalue weighted by Gasteiger charge is 2.13. The fourth-order valence-corrected chi connectivity index (χ4v) is 3.43. The van der Waals surface area contributed by atoms with Crippen LogP contribution < -0.4 is 20.8 Å². The van der Waals surface area contributed by atoms with Gasteiger partial charge in [-0.25, -0.2) is 9.59 Å². The molecule has 1 aromatic heterocycles. The van der Waals surface area contributed by atoms with E-state index >= 15 is 0 Å². The van der Waals surface area contributed by atoms with Gasteiger partial charge in [-0.15, -0.1) is 0 Å². The summed E-state index contributed by atoms with van der Waals surface area (Å²) in [6, 6.07) is 9.56. The van der Waals surface area contributed by atoms with Crippen LogP contribution in [0.5, 0.6) is 11.5 Å². The van der Waals surface area contributed by atoms with E-state index in [1.807, 2.05) is 26.0 Å². The lowest BCUT2D eigenvalue weighted by Gasteiger charge is -2.12. The molecule has 28 heavy (non-hydrogen) atoms. The van der Waals surface area contributed by atoms with E-state index in [2.05, 4.69) is 15.9 Å². The van der Waals surface area contributed by atoms with Crippen LogP contribution >= 0.6 is 15.9 Å². The van der Waals surface area contributed by atoms with Crippen molar-refractivity contribution in [2.45, 2.75) is 13.8 Å². The molecule has 3 aromatic rings. The Kier molecular flexibility index (Phi) is 5.51. The van der Waals surface area contributed by atoms with E-state index in [4.69, 9.17) is 19.6 Å². The maximum atomic E-state index is 12.1. The number of halogens is 1. The SMILES string of the molecule is Cc1cc(Br)cc(C)c1OCC(=O)Oc1ccc2cc(C(N)=O)c(=O)oc2c1. The molecule has 0 fully saturated rings. The molecule has 0 atom stereocenters. The zero-order valence-corrected chi connectivity index (χ0v) is 16.7. The van der Waals surface area contributed by atoms with Gasteiger partial charge in [0.25, 0.3) is 5.91 Å². The molecule has 0 saturated carbocycles. The Labute approximate surface area is 168 Å². The van der Waals surface area contributed by atoms with Gasteiger partial charge in [-0.05, 0) is 55.3 Å². The lowest BCUT2D eigenvalue weighted by Crippen LogP contribution is -2.20. The number of amides is 1. The van der Waals surface area contributed by atoms with Gasteiger partial charge in [0.1, 0.15) is 22.6 Å². The second-order valence-corrected chi connectivity index (χ2v) is 7.06. The maximum Gasteiger partial charge on any atom is 0.349 e. The van der Waals surface area contributed by atoms with Gasteiger partial charge in [0, 0.05) is 15.9 Å². The fraction of sp³-hybridized carbons (Fsp3) is 0.150. The third kappa shape index (κ3) is 4.23. The zero-order chi connectivity index (χ0) is 20.4. The first-order valence-electron chi connectivity index (χ1n) is 8.22. The van der Waals surface area contributed by atoms with Gasteiger partial charge in [0.15, 0.2) is 6.61 Å². The van der Waals surface area contributed by atoms with Crippen LogP contribution in [-0.2, 0) is 4.79 Å². The Bertz CT molecular complexity index is 1130. The van der Waals surface area contributed by atoms with Crippen molar-refractivity contribution >= 4 is 38.8 Å². The van der Waals surface area contributed by atoms with Crippen molar-refractivity contribution in [2.75, 3.05) is 6.61 Å². The third-order valence-corrected chi connectivity index (χ3v) is 4.42. The number of benzene rings is 2. The van der Waals surface area contributed by atoms with Gasteiger partial charge in [-0.2, -0.15) is 0 Å². The monoisotopic (exact) mass is 445 g/mol. The van der Waals surface area contributed by atoms with Gasteiger partial charge in [0.2, 0.25) is 0 Å². The van der Waals surface area contributed by atoms with Crippen LogP contribution in [0.15, 0.2) is 50.1 Å². The molecule has 8 heteroatoms. The molecular formula is C20H16BrNO6. The van der Waals surface area contributed by atoms with Gasteiger partial charge in [0.05, 0.1) is 0 Å². The van der Waals surface area contributed by atoms with Gasteiger partial charge < -0.3 is 19.6 Å². The predicted octanol–water partition coefficient (Wildman–Crippen LogP) is 3.26. The number of primary amides is 1. The van der Waals surface area contributed by atoms with E-state index in [0.29, 0.717) is 11.1 Å². The standard InChI is InChI=1S/C20H16BrNO6/c1-10-5-13(21)6-11(2)18(10)26-9-17(23)27-14-4-3-12-7-15(19(22)24)20(25)28-16(12)8-14/h3-8H,9H2,1-2H3,(H2,22,24). The summed E-state index contributed by atoms with van der Waals surface area (Å²) in [5.74, 6) is -0.692. The molecular weight excluding hydrogens is 430 g/mol. The molecule has 0 bridgehead atoms. The van der Waals surface area contributed by atoms with Crippen LogP contribution in [0.1, 0.15) is 21.5 Å². The quantitative estimate of drug-likeness (QED) is 0.366. The predicted molar refractivity (Wildman–Crippen MR) is 106 cm³/mol. The molecule has 0 saturated heterocycles. The minimum Gasteiger partial charge on any atom is -0.481 e. The summed E-state index contributed by atoms with van der Waals surface area (Å²) >= 11 is 3.40. The van der Waals surface area contributed by atoms with E-state index in [0.717, 1.165) is 15.6 Å². The molecule has 0 spiro atoms. The van der Waals surface area contributed by atoms with Crippen molar-refractivity contribution in [1.82, 2.24) is 0 Å². The highest BCUT2D eigenvalue weighted by atomic mass is 79.9. The highest BCUT2D eigenvalue weighted by molar-refractivity contribution is 9.10. The summed E-state index contributed by atoms with van der Waals surface area (Å²) in [7, 11) is 0. The Morgan fingerprint density at radius 3 is 2.43 bits per heavy atom. The lowest BCUT2D eigenvalue weighted by molar-refractivity contribution is -0.136. The number of ether oxygens (including phenoxy) is 2. The Morgan fingerprint density at radius 2 is 1.79 bits per heavy atom. The second-order valence-electron chi connectivity index (χ2n) is 6.14. The summed E-state index contributed by atoms with van der Waals surface area (Å²) in [4.78, 5) is 35.1. The minimum absolute atomic E-state index is 0.167. The van der Waals surface area contributed by atoms with Crippen molar-refractivity contribution in [2.24, 2.45) is 5.73 Å². The number of carbonyl (C=O) groups is 2. The van der Waals surface area contributed by atoms with Crippen LogP contribution in [-0.4, -0.2) is 18.5 Å². The lowest BCUT2D eigenvalue weighted by atomic mass is 10.1. The smallest absolute Gasteiger partial charge is 0.349 e. The first kappa shape index (κ1) is 19.6. The Morgan fingerprint density at radius 1 is 1.11 bits per heavy atom. The maximum absolute atomic E-state index is 12.1. The molecule has 0 aliphatic rings. The first-order chi connectivity index (χ1) is 13.2. The van der Waals surface area contributed by atoms with Crippen LogP contribution in [0.3, 0.4) is 0 Å². The molecule has 2 aromatic carbocycles. The number of esters is 1.